The first-order valence-corrected chi connectivity index (χ1v) is 7.05. The zero-order valence-corrected chi connectivity index (χ0v) is 12.5. The lowest BCUT2D eigenvalue weighted by molar-refractivity contribution is 0.0911. The number of aromatic nitrogens is 2. The van der Waals surface area contributed by atoms with Gasteiger partial charge in [-0.3, -0.25) is 4.79 Å². The molecule has 0 saturated carbocycles. The van der Waals surface area contributed by atoms with Gasteiger partial charge >= 0.3 is 0 Å². The third-order valence-corrected chi connectivity index (χ3v) is 4.00. The van der Waals surface area contributed by atoms with Gasteiger partial charge in [-0.2, -0.15) is 0 Å². The maximum atomic E-state index is 12.3. The van der Waals surface area contributed by atoms with E-state index >= 15 is 0 Å². The van der Waals surface area contributed by atoms with Crippen molar-refractivity contribution in [1.82, 2.24) is 9.55 Å². The predicted molar refractivity (Wildman–Crippen MR) is 79.5 cm³/mol. The molecule has 2 aromatic heterocycles. The molecule has 0 atom stereocenters. The third-order valence-electron chi connectivity index (χ3n) is 4.00. The maximum absolute atomic E-state index is 12.3. The summed E-state index contributed by atoms with van der Waals surface area (Å²) in [4.78, 5) is 16.8. The van der Waals surface area contributed by atoms with E-state index in [9.17, 15) is 4.79 Å². The monoisotopic (exact) mass is 268 g/mol. The fourth-order valence-electron chi connectivity index (χ4n) is 3.06. The average molecular weight is 268 g/mol. The first-order valence-electron chi connectivity index (χ1n) is 7.05. The number of ketones is 1. The van der Waals surface area contributed by atoms with E-state index in [4.69, 9.17) is 0 Å². The van der Waals surface area contributed by atoms with Gasteiger partial charge in [-0.15, -0.1) is 0 Å². The van der Waals surface area contributed by atoms with Crippen molar-refractivity contribution in [2.24, 2.45) is 5.41 Å². The van der Waals surface area contributed by atoms with Crippen molar-refractivity contribution < 1.29 is 4.79 Å². The molecule has 0 saturated heterocycles. The molecule has 3 rings (SSSR count). The molecule has 3 nitrogen and oxygen atoms in total. The summed E-state index contributed by atoms with van der Waals surface area (Å²) in [6, 6.07) is 6.09. The Morgan fingerprint density at radius 2 is 1.95 bits per heavy atom. The highest BCUT2D eigenvalue weighted by molar-refractivity contribution is 5.99. The van der Waals surface area contributed by atoms with Crippen LogP contribution < -0.4 is 0 Å². The molecule has 0 fully saturated rings. The molecule has 1 aliphatic carbocycles. The maximum Gasteiger partial charge on any atom is 0.165 e. The second kappa shape index (κ2) is 4.30. The molecule has 20 heavy (non-hydrogen) atoms. The van der Waals surface area contributed by atoms with Crippen LogP contribution in [0.3, 0.4) is 0 Å². The fourth-order valence-corrected chi connectivity index (χ4v) is 3.06. The summed E-state index contributed by atoms with van der Waals surface area (Å²) in [5.74, 6) is 1.16. The number of hydrogen-bond donors (Lipinski definition) is 0. The largest absolute Gasteiger partial charge is 0.302 e. The minimum atomic E-state index is 0.0251. The Balaban J connectivity index is 2.18. The van der Waals surface area contributed by atoms with Gasteiger partial charge in [0.15, 0.2) is 5.78 Å². The average Bonchev–Trinajstić information content (AvgIpc) is 2.66. The van der Waals surface area contributed by atoms with Gasteiger partial charge in [0.05, 0.1) is 0 Å². The van der Waals surface area contributed by atoms with Crippen molar-refractivity contribution >= 4 is 5.78 Å². The lowest BCUT2D eigenvalue weighted by atomic mass is 9.76. The highest BCUT2D eigenvalue weighted by Crippen LogP contribution is 2.37. The van der Waals surface area contributed by atoms with Gasteiger partial charge < -0.3 is 4.57 Å². The van der Waals surface area contributed by atoms with E-state index in [2.05, 4.69) is 29.5 Å². The molecule has 0 radical (unpaired) electrons. The number of fused-ring (bicyclic) bond motifs is 1. The summed E-state index contributed by atoms with van der Waals surface area (Å²) < 4.78 is 2.13. The van der Waals surface area contributed by atoms with Crippen molar-refractivity contribution in [3.8, 4) is 5.82 Å². The topological polar surface area (TPSA) is 34.9 Å². The van der Waals surface area contributed by atoms with Crippen molar-refractivity contribution in [2.75, 3.05) is 0 Å². The molecule has 2 aromatic rings. The van der Waals surface area contributed by atoms with Gasteiger partial charge in [0.2, 0.25) is 0 Å². The first-order chi connectivity index (χ1) is 9.37. The SMILES string of the molecule is Cc1ccc(-n2c(C)cc3c2CC(C)(C)CC3=O)nc1. The molecule has 0 aromatic carbocycles. The second-order valence-corrected chi connectivity index (χ2v) is 6.62. The van der Waals surface area contributed by atoms with E-state index in [0.717, 1.165) is 34.8 Å². The van der Waals surface area contributed by atoms with Crippen LogP contribution in [0.2, 0.25) is 0 Å². The number of aryl methyl sites for hydroxylation is 2. The zero-order chi connectivity index (χ0) is 14.5. The Bertz CT molecular complexity index is 678. The van der Waals surface area contributed by atoms with Gasteiger partial charge in [-0.25, -0.2) is 4.98 Å². The second-order valence-electron chi connectivity index (χ2n) is 6.62. The molecule has 0 amide bonds. The molecule has 0 spiro atoms. The summed E-state index contributed by atoms with van der Waals surface area (Å²) >= 11 is 0. The Morgan fingerprint density at radius 3 is 2.60 bits per heavy atom. The molecule has 1 aliphatic rings. The molecular weight excluding hydrogens is 248 g/mol. The van der Waals surface area contributed by atoms with Gasteiger partial charge in [0, 0.05) is 29.6 Å². The minimum absolute atomic E-state index is 0.0251. The van der Waals surface area contributed by atoms with Crippen molar-refractivity contribution in [3.63, 3.8) is 0 Å². The third kappa shape index (κ3) is 2.07. The number of hydrogen-bond acceptors (Lipinski definition) is 2. The fraction of sp³-hybridized carbons (Fsp3) is 0.412. The zero-order valence-electron chi connectivity index (χ0n) is 12.5. The Hall–Kier alpha value is -1.90. The van der Waals surface area contributed by atoms with E-state index < -0.39 is 0 Å². The summed E-state index contributed by atoms with van der Waals surface area (Å²) in [6.07, 6.45) is 3.42. The van der Waals surface area contributed by atoms with Gasteiger partial charge in [-0.05, 0) is 43.4 Å². The van der Waals surface area contributed by atoms with Crippen molar-refractivity contribution in [3.05, 3.63) is 46.9 Å². The number of rotatable bonds is 1. The minimum Gasteiger partial charge on any atom is -0.302 e. The van der Waals surface area contributed by atoms with E-state index in [1.54, 1.807) is 0 Å². The molecule has 0 aliphatic heterocycles. The van der Waals surface area contributed by atoms with E-state index in [-0.39, 0.29) is 11.2 Å². The lowest BCUT2D eigenvalue weighted by Gasteiger charge is -2.29. The summed E-state index contributed by atoms with van der Waals surface area (Å²) in [7, 11) is 0. The Labute approximate surface area is 119 Å². The molecular formula is C17H20N2O. The van der Waals surface area contributed by atoms with Gasteiger partial charge in [0.1, 0.15) is 5.82 Å². The molecule has 3 heteroatoms. The first kappa shape index (κ1) is 13.1. The number of nitrogens with zero attached hydrogens (tertiary/aromatic N) is 2. The van der Waals surface area contributed by atoms with E-state index in [1.807, 2.05) is 32.2 Å². The molecule has 0 N–H and O–H groups in total. The van der Waals surface area contributed by atoms with Crippen molar-refractivity contribution in [1.29, 1.82) is 0 Å². The lowest BCUT2D eigenvalue weighted by Crippen LogP contribution is -2.28. The van der Waals surface area contributed by atoms with E-state index in [1.165, 1.54) is 0 Å². The van der Waals surface area contributed by atoms with E-state index in [0.29, 0.717) is 6.42 Å². The van der Waals surface area contributed by atoms with Crippen LogP contribution in [0.25, 0.3) is 5.82 Å². The number of Topliss-reactive ketones (excluding diaryl/α,β-unsaturated/α-hetero) is 1. The van der Waals surface area contributed by atoms with Crippen LogP contribution in [0.15, 0.2) is 24.4 Å². The van der Waals surface area contributed by atoms with Crippen LogP contribution in [0.4, 0.5) is 0 Å². The Kier molecular flexibility index (Phi) is 2.82. The molecule has 0 bridgehead atoms. The van der Waals surface area contributed by atoms with Crippen LogP contribution in [-0.2, 0) is 6.42 Å². The highest BCUT2D eigenvalue weighted by atomic mass is 16.1. The van der Waals surface area contributed by atoms with Crippen LogP contribution in [0, 0.1) is 19.3 Å². The normalized spacial score (nSPS) is 17.1. The summed E-state index contributed by atoms with van der Waals surface area (Å²) in [5, 5.41) is 0. The standard InChI is InChI=1S/C17H20N2O/c1-11-5-6-16(18-10-11)19-12(2)7-13-14(19)8-17(3,4)9-15(13)20/h5-7,10H,8-9H2,1-4H3. The summed E-state index contributed by atoms with van der Waals surface area (Å²) in [6.45, 7) is 8.38. The van der Waals surface area contributed by atoms with Crippen LogP contribution >= 0.6 is 0 Å². The van der Waals surface area contributed by atoms with Crippen LogP contribution in [0.5, 0.6) is 0 Å². The number of carbonyl (C=O) groups excluding carboxylic acids is 1. The highest BCUT2D eigenvalue weighted by Gasteiger charge is 2.34. The predicted octanol–water partition coefficient (Wildman–Crippen LogP) is 3.64. The molecule has 0 unspecified atom stereocenters. The van der Waals surface area contributed by atoms with Crippen LogP contribution in [-0.4, -0.2) is 15.3 Å². The molecule has 104 valence electrons. The summed E-state index contributed by atoms with van der Waals surface area (Å²) in [5.41, 5.74) is 4.24. The number of pyridine rings is 1. The van der Waals surface area contributed by atoms with Crippen molar-refractivity contribution in [2.45, 2.75) is 40.5 Å². The Morgan fingerprint density at radius 1 is 1.20 bits per heavy atom. The smallest absolute Gasteiger partial charge is 0.165 e. The van der Waals surface area contributed by atoms with Crippen LogP contribution in [0.1, 0.15) is 47.6 Å². The van der Waals surface area contributed by atoms with Gasteiger partial charge in [0.25, 0.3) is 0 Å². The van der Waals surface area contributed by atoms with Gasteiger partial charge in [-0.1, -0.05) is 19.9 Å². The molecule has 2 heterocycles. The number of carbonyl (C=O) groups is 1. The quantitative estimate of drug-likeness (QED) is 0.791.